The predicted molar refractivity (Wildman–Crippen MR) is 142 cm³/mol. The Bertz CT molecular complexity index is 1410. The zero-order valence-corrected chi connectivity index (χ0v) is 22.7. The molecule has 0 bridgehead atoms. The topological polar surface area (TPSA) is 82.7 Å². The fraction of sp³-hybridized carbons (Fsp3) is 0.444. The van der Waals surface area contributed by atoms with Crippen molar-refractivity contribution < 1.29 is 18.0 Å². The van der Waals surface area contributed by atoms with Crippen LogP contribution in [0.4, 0.5) is 24.0 Å². The number of nitriles is 1. The van der Waals surface area contributed by atoms with Gasteiger partial charge in [-0.25, -0.2) is 4.68 Å². The molecular weight excluding hydrogens is 535 g/mol. The third-order valence-corrected chi connectivity index (χ3v) is 8.95. The number of anilines is 2. The van der Waals surface area contributed by atoms with Gasteiger partial charge in [0.2, 0.25) is 0 Å². The van der Waals surface area contributed by atoms with Crippen molar-refractivity contribution in [3.05, 3.63) is 62.6 Å². The van der Waals surface area contributed by atoms with Crippen molar-refractivity contribution in [2.45, 2.75) is 64.7 Å². The van der Waals surface area contributed by atoms with Crippen molar-refractivity contribution in [2.24, 2.45) is 11.3 Å². The molecule has 1 amide bonds. The summed E-state index contributed by atoms with van der Waals surface area (Å²) in [6, 6.07) is 7.62. The number of carbonyl (C=O) groups excluding carboxylic acids is 1. The van der Waals surface area contributed by atoms with Crippen molar-refractivity contribution in [2.75, 3.05) is 10.6 Å². The van der Waals surface area contributed by atoms with E-state index >= 15 is 0 Å². The monoisotopic (exact) mass is 561 g/mol. The Morgan fingerprint density at radius 2 is 1.97 bits per heavy atom. The average Bonchev–Trinajstić information content (AvgIpc) is 3.43. The van der Waals surface area contributed by atoms with Crippen molar-refractivity contribution in [1.29, 1.82) is 5.26 Å². The van der Waals surface area contributed by atoms with Gasteiger partial charge in [0.05, 0.1) is 11.6 Å². The van der Waals surface area contributed by atoms with E-state index in [0.717, 1.165) is 34.4 Å². The summed E-state index contributed by atoms with van der Waals surface area (Å²) in [4.78, 5) is 14.2. The summed E-state index contributed by atoms with van der Waals surface area (Å²) in [7, 11) is 0. The SMILES string of the molecule is CC(C)(C)[C@@H]1CCc2c(sc(NC(=O)c3cc4n(n3)[C@@H](C(F)(F)F)C[C@H](c3ccc(Cl)cc3)N4)c2C#N)C1. The number of hydrogen-bond acceptors (Lipinski definition) is 5. The minimum absolute atomic E-state index is 0.0997. The van der Waals surface area contributed by atoms with Crippen LogP contribution in [0.2, 0.25) is 5.02 Å². The van der Waals surface area contributed by atoms with Crippen molar-refractivity contribution in [1.82, 2.24) is 9.78 Å². The van der Waals surface area contributed by atoms with Crippen LogP contribution in [0.1, 0.15) is 77.8 Å². The van der Waals surface area contributed by atoms with Gasteiger partial charge in [-0.15, -0.1) is 11.3 Å². The van der Waals surface area contributed by atoms with Crippen LogP contribution >= 0.6 is 22.9 Å². The highest BCUT2D eigenvalue weighted by Gasteiger charge is 2.47. The number of nitrogens with zero attached hydrogens (tertiary/aromatic N) is 3. The lowest BCUT2D eigenvalue weighted by Gasteiger charge is -2.33. The predicted octanol–water partition coefficient (Wildman–Crippen LogP) is 7.53. The van der Waals surface area contributed by atoms with Gasteiger partial charge in [-0.3, -0.25) is 4.79 Å². The molecule has 0 radical (unpaired) electrons. The van der Waals surface area contributed by atoms with Gasteiger partial charge in [0.25, 0.3) is 5.91 Å². The van der Waals surface area contributed by atoms with E-state index in [1.165, 1.54) is 17.4 Å². The van der Waals surface area contributed by atoms with Gasteiger partial charge in [0.1, 0.15) is 16.9 Å². The van der Waals surface area contributed by atoms with Gasteiger partial charge < -0.3 is 10.6 Å². The number of nitrogens with one attached hydrogen (secondary N) is 2. The summed E-state index contributed by atoms with van der Waals surface area (Å²) >= 11 is 7.31. The molecule has 0 unspecified atom stereocenters. The molecule has 2 aromatic heterocycles. The molecule has 3 heterocycles. The van der Waals surface area contributed by atoms with E-state index in [9.17, 15) is 23.2 Å². The van der Waals surface area contributed by atoms with Crippen molar-refractivity contribution in [3.63, 3.8) is 0 Å². The van der Waals surface area contributed by atoms with Gasteiger partial charge >= 0.3 is 6.18 Å². The maximum atomic E-state index is 14.0. The Morgan fingerprint density at radius 3 is 2.61 bits per heavy atom. The molecule has 38 heavy (non-hydrogen) atoms. The zero-order chi connectivity index (χ0) is 27.4. The van der Waals surface area contributed by atoms with Crippen molar-refractivity contribution >= 4 is 39.7 Å². The highest BCUT2D eigenvalue weighted by atomic mass is 35.5. The van der Waals surface area contributed by atoms with E-state index < -0.39 is 24.2 Å². The van der Waals surface area contributed by atoms with Crippen LogP contribution in [0, 0.1) is 22.7 Å². The lowest BCUT2D eigenvalue weighted by atomic mass is 9.72. The molecule has 11 heteroatoms. The molecule has 1 aliphatic carbocycles. The normalized spacial score (nSPS) is 21.2. The maximum Gasteiger partial charge on any atom is 0.410 e. The molecule has 1 aliphatic heterocycles. The Kier molecular flexibility index (Phi) is 6.72. The zero-order valence-electron chi connectivity index (χ0n) is 21.1. The number of thiophene rings is 1. The molecule has 200 valence electrons. The fourth-order valence-electron chi connectivity index (χ4n) is 5.30. The molecule has 0 spiro atoms. The number of halogens is 4. The number of carbonyl (C=O) groups is 1. The van der Waals surface area contributed by atoms with Crippen LogP contribution in [0.15, 0.2) is 30.3 Å². The Balaban J connectivity index is 1.42. The first-order chi connectivity index (χ1) is 17.8. The summed E-state index contributed by atoms with van der Waals surface area (Å²) in [5.74, 6) is -0.0922. The molecule has 2 N–H and O–H groups in total. The van der Waals surface area contributed by atoms with Crippen LogP contribution in [0.25, 0.3) is 0 Å². The van der Waals surface area contributed by atoms with Crippen LogP contribution in [-0.2, 0) is 12.8 Å². The van der Waals surface area contributed by atoms with Gasteiger partial charge in [-0.2, -0.15) is 23.5 Å². The molecule has 0 saturated heterocycles. The van der Waals surface area contributed by atoms with Crippen LogP contribution in [0.3, 0.4) is 0 Å². The third kappa shape index (κ3) is 5.02. The number of hydrogen-bond donors (Lipinski definition) is 2. The summed E-state index contributed by atoms with van der Waals surface area (Å²) in [6.45, 7) is 6.60. The van der Waals surface area contributed by atoms with E-state index in [1.54, 1.807) is 24.3 Å². The molecule has 1 aromatic carbocycles. The van der Waals surface area contributed by atoms with Crippen LogP contribution in [0.5, 0.6) is 0 Å². The summed E-state index contributed by atoms with van der Waals surface area (Å²) in [5, 5.41) is 20.6. The minimum atomic E-state index is -4.56. The molecule has 2 aliphatic rings. The Hall–Kier alpha value is -3.03. The van der Waals surface area contributed by atoms with Crippen LogP contribution < -0.4 is 10.6 Å². The van der Waals surface area contributed by atoms with E-state index in [4.69, 9.17) is 11.6 Å². The summed E-state index contributed by atoms with van der Waals surface area (Å²) in [6.07, 6.45) is -2.30. The summed E-state index contributed by atoms with van der Waals surface area (Å²) in [5.41, 5.74) is 2.02. The second-order valence-corrected chi connectivity index (χ2v) is 12.5. The van der Waals surface area contributed by atoms with Gasteiger partial charge in [0, 0.05) is 22.4 Å². The Morgan fingerprint density at radius 1 is 1.26 bits per heavy atom. The third-order valence-electron chi connectivity index (χ3n) is 7.52. The lowest BCUT2D eigenvalue weighted by molar-refractivity contribution is -0.173. The second kappa shape index (κ2) is 9.62. The molecule has 5 rings (SSSR count). The number of fused-ring (bicyclic) bond motifs is 2. The average molecular weight is 562 g/mol. The maximum absolute atomic E-state index is 14.0. The lowest BCUT2D eigenvalue weighted by Crippen LogP contribution is -2.35. The van der Waals surface area contributed by atoms with Gasteiger partial charge in [0.15, 0.2) is 11.7 Å². The van der Waals surface area contributed by atoms with Gasteiger partial charge in [-0.05, 0) is 53.9 Å². The Labute approximate surface area is 227 Å². The molecular formula is C27H27ClF3N5OS. The molecule has 3 atom stereocenters. The first kappa shape index (κ1) is 26.6. The number of aromatic nitrogens is 2. The fourth-order valence-corrected chi connectivity index (χ4v) is 6.70. The number of rotatable bonds is 3. The number of amides is 1. The van der Waals surface area contributed by atoms with Crippen molar-refractivity contribution in [3.8, 4) is 6.07 Å². The molecule has 3 aromatic rings. The highest BCUT2D eigenvalue weighted by molar-refractivity contribution is 7.16. The molecule has 0 fully saturated rings. The van der Waals surface area contributed by atoms with Gasteiger partial charge in [-0.1, -0.05) is 44.5 Å². The van der Waals surface area contributed by atoms with E-state index in [0.29, 0.717) is 27.1 Å². The molecule has 0 saturated carbocycles. The van der Waals surface area contributed by atoms with E-state index in [2.05, 4.69) is 42.6 Å². The number of alkyl halides is 3. The molecule has 6 nitrogen and oxygen atoms in total. The number of benzene rings is 1. The largest absolute Gasteiger partial charge is 0.410 e. The second-order valence-electron chi connectivity index (χ2n) is 11.0. The first-order valence-corrected chi connectivity index (χ1v) is 13.6. The first-order valence-electron chi connectivity index (χ1n) is 12.4. The smallest absolute Gasteiger partial charge is 0.363 e. The highest BCUT2D eigenvalue weighted by Crippen LogP contribution is 2.45. The summed E-state index contributed by atoms with van der Waals surface area (Å²) < 4.78 is 42.9. The minimum Gasteiger partial charge on any atom is -0.363 e. The van der Waals surface area contributed by atoms with E-state index in [1.807, 2.05) is 0 Å². The van der Waals surface area contributed by atoms with E-state index in [-0.39, 0.29) is 23.3 Å². The van der Waals surface area contributed by atoms with Crippen LogP contribution in [-0.4, -0.2) is 21.9 Å². The standard InChI is InChI=1S/C27H27ClF3N5OS/c1-26(2,3)15-6-9-17-18(13-32)25(38-21(17)10-15)34-24(37)20-12-23-33-19(14-4-7-16(28)8-5-14)11-22(27(29,30)31)36(23)35-20/h4-5,7-8,12,15,19,22,33H,6,9-11H2,1-3H3,(H,34,37)/t15-,19-,22-/m1/s1. The quantitative estimate of drug-likeness (QED) is 0.346.